The largest absolute Gasteiger partial charge is 1.00 e. The van der Waals surface area contributed by atoms with E-state index in [2.05, 4.69) is 50.3 Å². The molecule has 0 aliphatic carbocycles. The first-order chi connectivity index (χ1) is 8.91. The van der Waals surface area contributed by atoms with E-state index < -0.39 is 0 Å². The van der Waals surface area contributed by atoms with Crippen molar-refractivity contribution in [3.63, 3.8) is 0 Å². The highest BCUT2D eigenvalue weighted by Crippen LogP contribution is 2.09. The SMILES string of the molecule is C=C(C)C(=O)NCCC[N+](C)(C)Cc1ccccc1.[Cl-]. The smallest absolute Gasteiger partial charge is 0.246 e. The molecule has 3 nitrogen and oxygen atoms in total. The molecule has 0 spiro atoms. The van der Waals surface area contributed by atoms with E-state index in [0.29, 0.717) is 12.1 Å². The van der Waals surface area contributed by atoms with Crippen LogP contribution in [0.15, 0.2) is 42.5 Å². The highest BCUT2D eigenvalue weighted by Gasteiger charge is 2.15. The fraction of sp³-hybridized carbons (Fsp3) is 0.438. The number of nitrogens with zero attached hydrogens (tertiary/aromatic N) is 1. The van der Waals surface area contributed by atoms with Crippen LogP contribution >= 0.6 is 0 Å². The van der Waals surface area contributed by atoms with Crippen LogP contribution in [0.25, 0.3) is 0 Å². The van der Waals surface area contributed by atoms with Gasteiger partial charge in [0.15, 0.2) is 0 Å². The van der Waals surface area contributed by atoms with Gasteiger partial charge in [0, 0.05) is 24.1 Å². The van der Waals surface area contributed by atoms with Crippen LogP contribution < -0.4 is 17.7 Å². The molecule has 0 bridgehead atoms. The molecule has 0 heterocycles. The lowest BCUT2D eigenvalue weighted by atomic mass is 10.2. The average molecular weight is 297 g/mol. The number of carbonyl (C=O) groups is 1. The first kappa shape index (κ1) is 18.7. The van der Waals surface area contributed by atoms with E-state index >= 15 is 0 Å². The second kappa shape index (κ2) is 8.77. The number of amides is 1. The number of hydrogen-bond acceptors (Lipinski definition) is 1. The van der Waals surface area contributed by atoms with Gasteiger partial charge in [-0.15, -0.1) is 0 Å². The van der Waals surface area contributed by atoms with Crippen molar-refractivity contribution in [2.45, 2.75) is 19.9 Å². The van der Waals surface area contributed by atoms with Gasteiger partial charge < -0.3 is 22.2 Å². The standard InChI is InChI=1S/C16H24N2O.ClH/c1-14(2)16(19)17-11-8-12-18(3,4)13-15-9-6-5-7-10-15;/h5-7,9-10H,1,8,11-13H2,2-4H3;1H. The van der Waals surface area contributed by atoms with E-state index in [1.54, 1.807) is 6.92 Å². The van der Waals surface area contributed by atoms with Crippen LogP contribution in [0.3, 0.4) is 0 Å². The maximum absolute atomic E-state index is 11.3. The fourth-order valence-electron chi connectivity index (χ4n) is 2.02. The predicted molar refractivity (Wildman–Crippen MR) is 79.6 cm³/mol. The van der Waals surface area contributed by atoms with Crippen molar-refractivity contribution < 1.29 is 21.7 Å². The summed E-state index contributed by atoms with van der Waals surface area (Å²) >= 11 is 0. The van der Waals surface area contributed by atoms with Crippen LogP contribution in [-0.4, -0.2) is 37.6 Å². The Morgan fingerprint density at radius 2 is 1.85 bits per heavy atom. The van der Waals surface area contributed by atoms with E-state index in [9.17, 15) is 4.79 Å². The van der Waals surface area contributed by atoms with Crippen molar-refractivity contribution in [3.05, 3.63) is 48.0 Å². The van der Waals surface area contributed by atoms with Gasteiger partial charge in [-0.3, -0.25) is 4.79 Å². The lowest BCUT2D eigenvalue weighted by Gasteiger charge is -2.30. The summed E-state index contributed by atoms with van der Waals surface area (Å²) in [7, 11) is 4.43. The molecule has 20 heavy (non-hydrogen) atoms. The Morgan fingerprint density at radius 1 is 1.25 bits per heavy atom. The van der Waals surface area contributed by atoms with Crippen LogP contribution in [0, 0.1) is 0 Å². The van der Waals surface area contributed by atoms with Gasteiger partial charge in [-0.25, -0.2) is 0 Å². The molecular weight excluding hydrogens is 272 g/mol. The molecule has 0 atom stereocenters. The van der Waals surface area contributed by atoms with Gasteiger partial charge in [0.2, 0.25) is 5.91 Å². The first-order valence-corrected chi connectivity index (χ1v) is 6.70. The van der Waals surface area contributed by atoms with E-state index in [4.69, 9.17) is 0 Å². The number of hydrogen-bond donors (Lipinski definition) is 1. The van der Waals surface area contributed by atoms with Gasteiger partial charge in [0.25, 0.3) is 0 Å². The van der Waals surface area contributed by atoms with E-state index in [1.165, 1.54) is 5.56 Å². The Hall–Kier alpha value is -1.32. The zero-order valence-electron chi connectivity index (χ0n) is 12.7. The molecule has 1 rings (SSSR count). The van der Waals surface area contributed by atoms with Gasteiger partial charge in [-0.05, 0) is 6.92 Å². The van der Waals surface area contributed by atoms with Crippen molar-refractivity contribution in [2.24, 2.45) is 0 Å². The Kier molecular flexibility index (Phi) is 8.19. The summed E-state index contributed by atoms with van der Waals surface area (Å²) in [4.78, 5) is 11.3. The molecule has 0 saturated carbocycles. The molecule has 1 amide bonds. The number of carbonyl (C=O) groups excluding carboxylic acids is 1. The van der Waals surface area contributed by atoms with Crippen LogP contribution in [0.4, 0.5) is 0 Å². The third-order valence-electron chi connectivity index (χ3n) is 3.07. The van der Waals surface area contributed by atoms with Gasteiger partial charge in [0.1, 0.15) is 6.54 Å². The molecule has 0 fully saturated rings. The molecule has 0 radical (unpaired) electrons. The fourth-order valence-corrected chi connectivity index (χ4v) is 2.02. The molecule has 4 heteroatoms. The summed E-state index contributed by atoms with van der Waals surface area (Å²) in [6, 6.07) is 10.5. The summed E-state index contributed by atoms with van der Waals surface area (Å²) in [5.74, 6) is -0.0478. The van der Waals surface area contributed by atoms with E-state index in [-0.39, 0.29) is 18.3 Å². The summed E-state index contributed by atoms with van der Waals surface area (Å²) < 4.78 is 0.924. The van der Waals surface area contributed by atoms with Crippen molar-refractivity contribution in [3.8, 4) is 0 Å². The Morgan fingerprint density at radius 3 is 2.40 bits per heavy atom. The number of halogens is 1. The minimum absolute atomic E-state index is 0. The summed E-state index contributed by atoms with van der Waals surface area (Å²) in [6.07, 6.45) is 0.971. The molecule has 0 aromatic heterocycles. The Labute approximate surface area is 128 Å². The van der Waals surface area contributed by atoms with Crippen LogP contribution in [0.1, 0.15) is 18.9 Å². The second-order valence-electron chi connectivity index (χ2n) is 5.69. The van der Waals surface area contributed by atoms with Gasteiger partial charge in [-0.2, -0.15) is 0 Å². The zero-order valence-corrected chi connectivity index (χ0v) is 13.4. The highest BCUT2D eigenvalue weighted by molar-refractivity contribution is 5.91. The minimum atomic E-state index is -0.0478. The van der Waals surface area contributed by atoms with E-state index in [1.807, 2.05) is 6.07 Å². The third kappa shape index (κ3) is 7.31. The van der Waals surface area contributed by atoms with Crippen molar-refractivity contribution in [1.82, 2.24) is 5.32 Å². The van der Waals surface area contributed by atoms with Crippen molar-refractivity contribution in [1.29, 1.82) is 0 Å². The second-order valence-corrected chi connectivity index (χ2v) is 5.69. The summed E-state index contributed by atoms with van der Waals surface area (Å²) in [5, 5.41) is 2.87. The first-order valence-electron chi connectivity index (χ1n) is 6.70. The number of nitrogens with one attached hydrogen (secondary N) is 1. The van der Waals surface area contributed by atoms with Crippen molar-refractivity contribution in [2.75, 3.05) is 27.2 Å². The highest BCUT2D eigenvalue weighted by atomic mass is 35.5. The van der Waals surface area contributed by atoms with Gasteiger partial charge >= 0.3 is 0 Å². The van der Waals surface area contributed by atoms with E-state index in [0.717, 1.165) is 24.0 Å². The molecule has 1 aromatic rings. The zero-order chi connectivity index (χ0) is 14.3. The van der Waals surface area contributed by atoms with Gasteiger partial charge in [0.05, 0.1) is 20.6 Å². The maximum Gasteiger partial charge on any atom is 0.246 e. The molecule has 0 unspecified atom stereocenters. The number of quaternary nitrogens is 1. The Balaban J connectivity index is 0.00000361. The number of benzene rings is 1. The maximum atomic E-state index is 11.3. The van der Waals surface area contributed by atoms with Crippen molar-refractivity contribution >= 4 is 5.91 Å². The third-order valence-corrected chi connectivity index (χ3v) is 3.07. The quantitative estimate of drug-likeness (QED) is 0.404. The lowest BCUT2D eigenvalue weighted by molar-refractivity contribution is -0.903. The molecule has 0 saturated heterocycles. The molecule has 0 aliphatic heterocycles. The van der Waals surface area contributed by atoms with Gasteiger partial charge in [-0.1, -0.05) is 36.9 Å². The predicted octanol–water partition coefficient (Wildman–Crippen LogP) is -0.651. The summed E-state index contributed by atoms with van der Waals surface area (Å²) in [5.41, 5.74) is 1.91. The topological polar surface area (TPSA) is 29.1 Å². The van der Waals surface area contributed by atoms with Crippen LogP contribution in [-0.2, 0) is 11.3 Å². The monoisotopic (exact) mass is 296 g/mol. The normalized spacial score (nSPS) is 10.6. The molecule has 1 N–H and O–H groups in total. The molecule has 0 aliphatic rings. The summed E-state index contributed by atoms with van der Waals surface area (Å²) in [6.45, 7) is 8.10. The lowest BCUT2D eigenvalue weighted by Crippen LogP contribution is -3.00. The number of rotatable bonds is 7. The molecule has 1 aromatic carbocycles. The Bertz CT molecular complexity index is 429. The minimum Gasteiger partial charge on any atom is -1.00 e. The molecule has 112 valence electrons. The van der Waals surface area contributed by atoms with Crippen LogP contribution in [0.2, 0.25) is 0 Å². The van der Waals surface area contributed by atoms with Crippen LogP contribution in [0.5, 0.6) is 0 Å². The average Bonchev–Trinajstić information content (AvgIpc) is 2.35. The molecular formula is C16H25ClN2O.